The smallest absolute Gasteiger partial charge is 0.167 e. The maximum absolute atomic E-state index is 12.3. The number of nitrogens with zero attached hydrogens (tertiary/aromatic N) is 1. The lowest BCUT2D eigenvalue weighted by Gasteiger charge is -2.34. The fraction of sp³-hybridized carbons (Fsp3) is 0.500. The van der Waals surface area contributed by atoms with Crippen molar-refractivity contribution in [3.8, 4) is 0 Å². The van der Waals surface area contributed by atoms with Gasteiger partial charge in [-0.2, -0.15) is 0 Å². The number of aliphatic imine (C=N–C) groups is 1. The van der Waals surface area contributed by atoms with E-state index in [0.717, 1.165) is 5.57 Å². The second-order valence-corrected chi connectivity index (χ2v) is 5.73. The van der Waals surface area contributed by atoms with E-state index >= 15 is 0 Å². The maximum Gasteiger partial charge on any atom is 0.167 e. The number of hydrogen-bond acceptors (Lipinski definition) is 4. The highest BCUT2D eigenvalue weighted by Gasteiger charge is 2.43. The highest BCUT2D eigenvalue weighted by Crippen LogP contribution is 2.43. The fourth-order valence-corrected chi connectivity index (χ4v) is 3.41. The van der Waals surface area contributed by atoms with Gasteiger partial charge in [0.2, 0.25) is 0 Å². The van der Waals surface area contributed by atoms with E-state index in [4.69, 9.17) is 11.6 Å². The number of allylic oxidation sites excluding steroid dienone is 3. The number of carbonyl (C=O) groups excluding carboxylic acids is 2. The standard InChI is InChI=1S/C14H14ClNO3/c1-6-4-7-5-16-14(15)13(19)11-9(17)3-2-8(10(7)11)12(6)18/h6,8,19H,2-5H2,1H3. The monoisotopic (exact) mass is 279 g/mol. The van der Waals surface area contributed by atoms with Gasteiger partial charge in [-0.3, -0.25) is 14.6 Å². The summed E-state index contributed by atoms with van der Waals surface area (Å²) in [6.07, 6.45) is 1.42. The van der Waals surface area contributed by atoms with Crippen molar-refractivity contribution < 1.29 is 14.7 Å². The van der Waals surface area contributed by atoms with Crippen LogP contribution in [0, 0.1) is 11.8 Å². The Labute approximate surface area is 115 Å². The minimum atomic E-state index is -0.272. The number of carbonyl (C=O) groups is 2. The molecule has 0 saturated heterocycles. The highest BCUT2D eigenvalue weighted by atomic mass is 35.5. The van der Waals surface area contributed by atoms with Crippen LogP contribution in [0.3, 0.4) is 0 Å². The number of hydrogen-bond donors (Lipinski definition) is 1. The molecule has 2 unspecified atom stereocenters. The van der Waals surface area contributed by atoms with Crippen molar-refractivity contribution in [3.63, 3.8) is 0 Å². The summed E-state index contributed by atoms with van der Waals surface area (Å²) in [5.41, 5.74) is 1.91. The minimum absolute atomic E-state index is 0.0292. The first-order valence-electron chi connectivity index (χ1n) is 6.43. The lowest BCUT2D eigenvalue weighted by Crippen LogP contribution is -2.35. The van der Waals surface area contributed by atoms with Crippen molar-refractivity contribution in [2.24, 2.45) is 16.8 Å². The average Bonchev–Trinajstić information content (AvgIpc) is 2.50. The van der Waals surface area contributed by atoms with Crippen LogP contribution in [-0.2, 0) is 9.59 Å². The van der Waals surface area contributed by atoms with Gasteiger partial charge in [0.25, 0.3) is 0 Å². The SMILES string of the molecule is CC1CC2=C3C(=C(O)C(Cl)=NC2)C(=O)CCC3C1=O. The molecule has 3 aliphatic rings. The summed E-state index contributed by atoms with van der Waals surface area (Å²) in [6, 6.07) is 0. The second-order valence-electron chi connectivity index (χ2n) is 5.37. The van der Waals surface area contributed by atoms with Gasteiger partial charge in [0, 0.05) is 18.3 Å². The topological polar surface area (TPSA) is 66.7 Å². The first-order valence-corrected chi connectivity index (χ1v) is 6.81. The predicted octanol–water partition coefficient (Wildman–Crippen LogP) is 2.33. The van der Waals surface area contributed by atoms with Gasteiger partial charge in [0.15, 0.2) is 16.7 Å². The van der Waals surface area contributed by atoms with E-state index in [-0.39, 0.29) is 46.3 Å². The van der Waals surface area contributed by atoms with Gasteiger partial charge < -0.3 is 5.11 Å². The molecule has 2 aliphatic carbocycles. The van der Waals surface area contributed by atoms with Gasteiger partial charge in [-0.1, -0.05) is 18.5 Å². The third kappa shape index (κ3) is 1.77. The third-order valence-electron chi connectivity index (χ3n) is 4.16. The van der Waals surface area contributed by atoms with Crippen molar-refractivity contribution in [1.82, 2.24) is 0 Å². The van der Waals surface area contributed by atoms with Gasteiger partial charge >= 0.3 is 0 Å². The third-order valence-corrected chi connectivity index (χ3v) is 4.46. The predicted molar refractivity (Wildman–Crippen MR) is 71.4 cm³/mol. The largest absolute Gasteiger partial charge is 0.504 e. The Morgan fingerprint density at radius 1 is 1.37 bits per heavy atom. The van der Waals surface area contributed by atoms with Gasteiger partial charge in [-0.25, -0.2) is 0 Å². The van der Waals surface area contributed by atoms with E-state index in [2.05, 4.69) is 4.99 Å². The number of ketones is 2. The van der Waals surface area contributed by atoms with Gasteiger partial charge in [0.1, 0.15) is 5.78 Å². The summed E-state index contributed by atoms with van der Waals surface area (Å²) < 4.78 is 0. The molecule has 0 radical (unpaired) electrons. The van der Waals surface area contributed by atoms with Crippen molar-refractivity contribution in [2.45, 2.75) is 26.2 Å². The first-order chi connectivity index (χ1) is 9.00. The van der Waals surface area contributed by atoms with Crippen molar-refractivity contribution in [1.29, 1.82) is 0 Å². The Kier molecular flexibility index (Phi) is 2.86. The summed E-state index contributed by atoms with van der Waals surface area (Å²) >= 11 is 5.90. The van der Waals surface area contributed by atoms with Crippen LogP contribution in [0.15, 0.2) is 27.5 Å². The molecule has 0 amide bonds. The summed E-state index contributed by atoms with van der Waals surface area (Å²) in [5, 5.41) is 10.1. The molecule has 0 bridgehead atoms. The van der Waals surface area contributed by atoms with Gasteiger partial charge in [-0.05, 0) is 24.0 Å². The number of rotatable bonds is 0. The molecule has 2 atom stereocenters. The molecule has 0 aromatic carbocycles. The van der Waals surface area contributed by atoms with E-state index in [0.29, 0.717) is 25.0 Å². The second kappa shape index (κ2) is 4.30. The normalized spacial score (nSPS) is 31.2. The van der Waals surface area contributed by atoms with Crippen molar-refractivity contribution in [3.05, 3.63) is 22.5 Å². The number of halogens is 1. The van der Waals surface area contributed by atoms with E-state index in [1.165, 1.54) is 0 Å². The molecule has 0 spiro atoms. The van der Waals surface area contributed by atoms with Crippen molar-refractivity contribution >= 4 is 28.3 Å². The Balaban J connectivity index is 2.24. The number of aliphatic hydroxyl groups excluding tert-OH is 1. The quantitative estimate of drug-likeness (QED) is 0.740. The molecule has 0 aromatic heterocycles. The lowest BCUT2D eigenvalue weighted by molar-refractivity contribution is -0.127. The average molecular weight is 280 g/mol. The van der Waals surface area contributed by atoms with Crippen LogP contribution < -0.4 is 0 Å². The van der Waals surface area contributed by atoms with E-state index in [9.17, 15) is 14.7 Å². The zero-order valence-electron chi connectivity index (χ0n) is 10.6. The molecule has 19 heavy (non-hydrogen) atoms. The zero-order chi connectivity index (χ0) is 13.7. The number of aliphatic hydroxyl groups is 1. The minimum Gasteiger partial charge on any atom is -0.504 e. The van der Waals surface area contributed by atoms with Crippen LogP contribution in [0.1, 0.15) is 26.2 Å². The van der Waals surface area contributed by atoms with Crippen LogP contribution in [0.5, 0.6) is 0 Å². The highest BCUT2D eigenvalue weighted by molar-refractivity contribution is 6.69. The van der Waals surface area contributed by atoms with E-state index < -0.39 is 0 Å². The fourth-order valence-electron chi connectivity index (χ4n) is 3.25. The molecule has 1 aliphatic heterocycles. The molecule has 1 fully saturated rings. The van der Waals surface area contributed by atoms with E-state index in [1.807, 2.05) is 6.92 Å². The van der Waals surface area contributed by atoms with Crippen LogP contribution in [-0.4, -0.2) is 28.4 Å². The number of Topliss-reactive ketones (excluding diaryl/α,β-unsaturated/α-hetero) is 2. The molecular formula is C14H14ClNO3. The van der Waals surface area contributed by atoms with Crippen LogP contribution in [0.2, 0.25) is 0 Å². The molecule has 1 saturated carbocycles. The zero-order valence-corrected chi connectivity index (χ0v) is 11.3. The molecule has 5 heteroatoms. The summed E-state index contributed by atoms with van der Waals surface area (Å²) in [6.45, 7) is 2.27. The molecular weight excluding hydrogens is 266 g/mol. The van der Waals surface area contributed by atoms with Gasteiger partial charge in [-0.15, -0.1) is 0 Å². The Hall–Kier alpha value is -1.42. The Bertz CT molecular complexity index is 585. The Morgan fingerprint density at radius 3 is 2.84 bits per heavy atom. The molecule has 1 heterocycles. The molecule has 0 aromatic rings. The van der Waals surface area contributed by atoms with Crippen molar-refractivity contribution in [2.75, 3.05) is 6.54 Å². The molecule has 1 N–H and O–H groups in total. The van der Waals surface area contributed by atoms with Crippen LogP contribution >= 0.6 is 11.6 Å². The lowest BCUT2D eigenvalue weighted by atomic mass is 9.68. The van der Waals surface area contributed by atoms with Gasteiger partial charge in [0.05, 0.1) is 12.1 Å². The first kappa shape index (κ1) is 12.6. The summed E-state index contributed by atoms with van der Waals surface area (Å²) in [7, 11) is 0. The molecule has 3 rings (SSSR count). The summed E-state index contributed by atoms with van der Waals surface area (Å²) in [5.74, 6) is -0.559. The summed E-state index contributed by atoms with van der Waals surface area (Å²) in [4.78, 5) is 28.5. The molecule has 4 nitrogen and oxygen atoms in total. The molecule has 100 valence electrons. The van der Waals surface area contributed by atoms with Crippen LogP contribution in [0.25, 0.3) is 0 Å². The van der Waals surface area contributed by atoms with E-state index in [1.54, 1.807) is 0 Å². The van der Waals surface area contributed by atoms with Crippen LogP contribution in [0.4, 0.5) is 0 Å². The Morgan fingerprint density at radius 2 is 2.11 bits per heavy atom. The maximum atomic E-state index is 12.3.